The Hall–Kier alpha value is -1.61. The highest BCUT2D eigenvalue weighted by Crippen LogP contribution is 2.16. The summed E-state index contributed by atoms with van der Waals surface area (Å²) in [5.41, 5.74) is 11.5. The number of rotatable bonds is 3. The summed E-state index contributed by atoms with van der Waals surface area (Å²) in [6.45, 7) is 6.96. The van der Waals surface area contributed by atoms with Crippen molar-refractivity contribution in [2.45, 2.75) is 27.2 Å². The molecule has 90 valence electrons. The van der Waals surface area contributed by atoms with Crippen molar-refractivity contribution in [2.75, 3.05) is 6.54 Å². The molecule has 0 amide bonds. The lowest BCUT2D eigenvalue weighted by molar-refractivity contribution is 0.803. The summed E-state index contributed by atoms with van der Waals surface area (Å²) in [5, 5.41) is 4.58. The number of aromatic nitrogens is 2. The van der Waals surface area contributed by atoms with Crippen LogP contribution in [0.3, 0.4) is 0 Å². The molecule has 0 aliphatic heterocycles. The topological polar surface area (TPSA) is 43.8 Å². The molecule has 0 bridgehead atoms. The van der Waals surface area contributed by atoms with Crippen molar-refractivity contribution in [2.24, 2.45) is 5.73 Å². The zero-order chi connectivity index (χ0) is 12.4. The third-order valence-electron chi connectivity index (χ3n) is 3.07. The van der Waals surface area contributed by atoms with E-state index in [-0.39, 0.29) is 0 Å². The number of nitrogens with zero attached hydrogens (tertiary/aromatic N) is 2. The van der Waals surface area contributed by atoms with Crippen LogP contribution in [-0.4, -0.2) is 16.3 Å². The minimum absolute atomic E-state index is 0.642. The highest BCUT2D eigenvalue weighted by Gasteiger charge is 2.06. The number of benzene rings is 1. The Morgan fingerprint density at radius 2 is 1.88 bits per heavy atom. The minimum atomic E-state index is 0.642. The Bertz CT molecular complexity index is 526. The van der Waals surface area contributed by atoms with Gasteiger partial charge in [0.1, 0.15) is 0 Å². The molecule has 2 N–H and O–H groups in total. The summed E-state index contributed by atoms with van der Waals surface area (Å²) in [5.74, 6) is 0. The number of hydrogen-bond donors (Lipinski definition) is 1. The monoisotopic (exact) mass is 229 g/mol. The maximum Gasteiger partial charge on any atom is 0.0651 e. The maximum absolute atomic E-state index is 5.55. The molecule has 0 atom stereocenters. The van der Waals surface area contributed by atoms with Crippen LogP contribution in [0.2, 0.25) is 0 Å². The van der Waals surface area contributed by atoms with Crippen molar-refractivity contribution in [1.82, 2.24) is 9.78 Å². The Morgan fingerprint density at radius 3 is 2.53 bits per heavy atom. The Labute approximate surface area is 102 Å². The lowest BCUT2D eigenvalue weighted by Gasteiger charge is -2.07. The molecule has 17 heavy (non-hydrogen) atoms. The summed E-state index contributed by atoms with van der Waals surface area (Å²) in [6, 6.07) is 8.51. The first kappa shape index (κ1) is 11.9. The molecule has 0 spiro atoms. The van der Waals surface area contributed by atoms with Crippen molar-refractivity contribution in [1.29, 1.82) is 0 Å². The lowest BCUT2D eigenvalue weighted by atomic mass is 10.1. The molecule has 2 rings (SSSR count). The van der Waals surface area contributed by atoms with Gasteiger partial charge in [-0.25, -0.2) is 4.68 Å². The minimum Gasteiger partial charge on any atom is -0.330 e. The van der Waals surface area contributed by atoms with Gasteiger partial charge in [0.15, 0.2) is 0 Å². The molecule has 1 aromatic heterocycles. The van der Waals surface area contributed by atoms with E-state index in [1.54, 1.807) is 0 Å². The van der Waals surface area contributed by atoms with Gasteiger partial charge in [0.25, 0.3) is 0 Å². The molecule has 3 heteroatoms. The average Bonchev–Trinajstić information content (AvgIpc) is 2.64. The Kier molecular flexibility index (Phi) is 3.29. The summed E-state index contributed by atoms with van der Waals surface area (Å²) in [4.78, 5) is 0. The van der Waals surface area contributed by atoms with Crippen LogP contribution >= 0.6 is 0 Å². The molecule has 3 nitrogen and oxygen atoms in total. The zero-order valence-electron chi connectivity index (χ0n) is 10.7. The van der Waals surface area contributed by atoms with Crippen LogP contribution in [0, 0.1) is 20.8 Å². The fourth-order valence-corrected chi connectivity index (χ4v) is 1.93. The molecule has 0 saturated carbocycles. The fourth-order valence-electron chi connectivity index (χ4n) is 1.93. The summed E-state index contributed by atoms with van der Waals surface area (Å²) in [6.07, 6.45) is 0.832. The van der Waals surface area contributed by atoms with Crippen molar-refractivity contribution in [3.8, 4) is 5.69 Å². The fraction of sp³-hybridized carbons (Fsp3) is 0.357. The van der Waals surface area contributed by atoms with E-state index >= 15 is 0 Å². The van der Waals surface area contributed by atoms with Crippen LogP contribution in [0.15, 0.2) is 24.3 Å². The van der Waals surface area contributed by atoms with Crippen molar-refractivity contribution in [3.63, 3.8) is 0 Å². The standard InChI is InChI=1S/C14H19N3/c1-10-4-5-14(8-11(10)2)17-12(3)9-13(16-17)6-7-15/h4-5,8-9H,6-7,15H2,1-3H3. The normalized spacial score (nSPS) is 10.8. The van der Waals surface area contributed by atoms with E-state index in [9.17, 15) is 0 Å². The molecule has 0 fully saturated rings. The van der Waals surface area contributed by atoms with E-state index in [0.717, 1.165) is 23.5 Å². The van der Waals surface area contributed by atoms with Gasteiger partial charge >= 0.3 is 0 Å². The first-order valence-electron chi connectivity index (χ1n) is 5.95. The molecule has 1 heterocycles. The second-order valence-electron chi connectivity index (χ2n) is 4.50. The van der Waals surface area contributed by atoms with Gasteiger partial charge in [-0.05, 0) is 56.6 Å². The van der Waals surface area contributed by atoms with E-state index in [4.69, 9.17) is 5.73 Å². The summed E-state index contributed by atoms with van der Waals surface area (Å²) >= 11 is 0. The van der Waals surface area contributed by atoms with Crippen molar-refractivity contribution >= 4 is 0 Å². The van der Waals surface area contributed by atoms with Crippen molar-refractivity contribution < 1.29 is 0 Å². The third kappa shape index (κ3) is 2.39. The van der Waals surface area contributed by atoms with Crippen molar-refractivity contribution in [3.05, 3.63) is 46.8 Å². The van der Waals surface area contributed by atoms with Gasteiger partial charge in [-0.1, -0.05) is 6.07 Å². The van der Waals surface area contributed by atoms with Gasteiger partial charge in [-0.15, -0.1) is 0 Å². The van der Waals surface area contributed by atoms with Gasteiger partial charge < -0.3 is 5.73 Å². The SMILES string of the molecule is Cc1ccc(-n2nc(CCN)cc2C)cc1C. The quantitative estimate of drug-likeness (QED) is 0.877. The molecule has 0 saturated heterocycles. The van der Waals surface area contributed by atoms with Gasteiger partial charge in [-0.3, -0.25) is 0 Å². The van der Waals surface area contributed by atoms with Crippen LogP contribution in [0.1, 0.15) is 22.5 Å². The Morgan fingerprint density at radius 1 is 1.12 bits per heavy atom. The maximum atomic E-state index is 5.55. The molecular weight excluding hydrogens is 210 g/mol. The molecule has 0 radical (unpaired) electrons. The smallest absolute Gasteiger partial charge is 0.0651 e. The van der Waals surface area contributed by atoms with Gasteiger partial charge in [0.05, 0.1) is 11.4 Å². The first-order valence-corrected chi connectivity index (χ1v) is 5.95. The molecule has 0 aliphatic carbocycles. The predicted molar refractivity (Wildman–Crippen MR) is 70.5 cm³/mol. The lowest BCUT2D eigenvalue weighted by Crippen LogP contribution is -2.04. The second-order valence-corrected chi connectivity index (χ2v) is 4.50. The largest absolute Gasteiger partial charge is 0.330 e. The molecule has 0 unspecified atom stereocenters. The van der Waals surface area contributed by atoms with Crippen LogP contribution in [0.5, 0.6) is 0 Å². The molecular formula is C14H19N3. The van der Waals surface area contributed by atoms with Crippen LogP contribution < -0.4 is 5.73 Å². The van der Waals surface area contributed by atoms with Gasteiger partial charge in [0.2, 0.25) is 0 Å². The van der Waals surface area contributed by atoms with Gasteiger partial charge in [0, 0.05) is 12.1 Å². The average molecular weight is 229 g/mol. The third-order valence-corrected chi connectivity index (χ3v) is 3.07. The van der Waals surface area contributed by atoms with E-state index < -0.39 is 0 Å². The summed E-state index contributed by atoms with van der Waals surface area (Å²) < 4.78 is 1.98. The summed E-state index contributed by atoms with van der Waals surface area (Å²) in [7, 11) is 0. The highest BCUT2D eigenvalue weighted by molar-refractivity contribution is 5.40. The first-order chi connectivity index (χ1) is 8.11. The number of aryl methyl sites for hydroxylation is 3. The van der Waals surface area contributed by atoms with E-state index in [2.05, 4.69) is 50.1 Å². The Balaban J connectivity index is 2.41. The van der Waals surface area contributed by atoms with Crippen LogP contribution in [0.4, 0.5) is 0 Å². The highest BCUT2D eigenvalue weighted by atomic mass is 15.3. The number of nitrogens with two attached hydrogens (primary N) is 1. The van der Waals surface area contributed by atoms with E-state index in [1.165, 1.54) is 11.1 Å². The number of hydrogen-bond acceptors (Lipinski definition) is 2. The van der Waals surface area contributed by atoms with Crippen LogP contribution in [-0.2, 0) is 6.42 Å². The molecule has 0 aliphatic rings. The predicted octanol–water partition coefficient (Wildman–Crippen LogP) is 2.30. The second kappa shape index (κ2) is 4.72. The molecule has 1 aromatic carbocycles. The van der Waals surface area contributed by atoms with E-state index in [1.807, 2.05) is 4.68 Å². The van der Waals surface area contributed by atoms with E-state index in [0.29, 0.717) is 6.54 Å². The molecule has 2 aromatic rings. The van der Waals surface area contributed by atoms with Gasteiger partial charge in [-0.2, -0.15) is 5.10 Å². The zero-order valence-corrected chi connectivity index (χ0v) is 10.7. The van der Waals surface area contributed by atoms with Crippen LogP contribution in [0.25, 0.3) is 5.69 Å².